The van der Waals surface area contributed by atoms with Crippen LogP contribution in [0.4, 0.5) is 0 Å². The van der Waals surface area contributed by atoms with Crippen molar-refractivity contribution in [2.45, 2.75) is 32.2 Å². The number of hydrogen-bond donors (Lipinski definition) is 2. The minimum atomic E-state index is -0.852. The zero-order valence-electron chi connectivity index (χ0n) is 12.8. The zero-order chi connectivity index (χ0) is 14.5. The number of aliphatic carboxylic acids is 1. The fraction of sp³-hybridized carbons (Fsp3) is 0.929. The Bertz CT molecular complexity index is 298. The van der Waals surface area contributed by atoms with Gasteiger partial charge in [-0.2, -0.15) is 0 Å². The van der Waals surface area contributed by atoms with Gasteiger partial charge in [0, 0.05) is 19.6 Å². The first-order valence-electron chi connectivity index (χ1n) is 7.23. The van der Waals surface area contributed by atoms with Crippen molar-refractivity contribution < 1.29 is 9.90 Å². The second-order valence-corrected chi connectivity index (χ2v) is 6.18. The summed E-state index contributed by atoms with van der Waals surface area (Å²) in [4.78, 5) is 15.9. The second kappa shape index (κ2) is 7.22. The largest absolute Gasteiger partial charge is 0.480 e. The summed E-state index contributed by atoms with van der Waals surface area (Å²) in [7, 11) is 4.16. The van der Waals surface area contributed by atoms with Gasteiger partial charge in [0.25, 0.3) is 0 Å². The Balaban J connectivity index is 2.46. The molecular weight excluding hydrogens is 242 g/mol. The summed E-state index contributed by atoms with van der Waals surface area (Å²) in [6, 6.07) is 0. The zero-order valence-corrected chi connectivity index (χ0v) is 12.8. The van der Waals surface area contributed by atoms with Crippen LogP contribution in [0.25, 0.3) is 0 Å². The van der Waals surface area contributed by atoms with Gasteiger partial charge in [-0.1, -0.05) is 6.92 Å². The van der Waals surface area contributed by atoms with E-state index in [9.17, 15) is 9.90 Å². The monoisotopic (exact) mass is 271 g/mol. The number of rotatable bonds is 8. The van der Waals surface area contributed by atoms with Crippen molar-refractivity contribution in [2.24, 2.45) is 5.92 Å². The predicted octanol–water partition coefficient (Wildman–Crippen LogP) is 0.713. The molecule has 0 spiro atoms. The van der Waals surface area contributed by atoms with Crippen LogP contribution in [-0.4, -0.2) is 73.2 Å². The van der Waals surface area contributed by atoms with Gasteiger partial charge in [0.1, 0.15) is 5.54 Å². The van der Waals surface area contributed by atoms with Gasteiger partial charge in [0.2, 0.25) is 0 Å². The van der Waals surface area contributed by atoms with Gasteiger partial charge in [-0.05, 0) is 52.9 Å². The Labute approximate surface area is 117 Å². The maximum absolute atomic E-state index is 11.5. The first-order chi connectivity index (χ1) is 8.87. The molecule has 0 aromatic rings. The van der Waals surface area contributed by atoms with Crippen LogP contribution in [0.1, 0.15) is 26.7 Å². The average Bonchev–Trinajstić information content (AvgIpc) is 2.71. The first-order valence-corrected chi connectivity index (χ1v) is 7.23. The molecule has 0 aromatic carbocycles. The second-order valence-electron chi connectivity index (χ2n) is 6.18. The summed E-state index contributed by atoms with van der Waals surface area (Å²) in [6.07, 6.45) is 2.16. The van der Waals surface area contributed by atoms with Crippen LogP contribution >= 0.6 is 0 Å². The molecule has 2 N–H and O–H groups in total. The lowest BCUT2D eigenvalue weighted by molar-refractivity contribution is -0.145. The van der Waals surface area contributed by atoms with E-state index in [1.54, 1.807) is 6.92 Å². The number of carboxylic acids is 1. The molecular formula is C14H29N3O2. The molecule has 112 valence electrons. The quantitative estimate of drug-likeness (QED) is 0.681. The molecule has 5 heteroatoms. The Morgan fingerprint density at radius 1 is 1.58 bits per heavy atom. The van der Waals surface area contributed by atoms with Crippen molar-refractivity contribution in [3.63, 3.8) is 0 Å². The molecule has 5 nitrogen and oxygen atoms in total. The van der Waals surface area contributed by atoms with Crippen molar-refractivity contribution in [2.75, 3.05) is 46.8 Å². The Hall–Kier alpha value is -0.650. The highest BCUT2D eigenvalue weighted by atomic mass is 16.4. The lowest BCUT2D eigenvalue weighted by Gasteiger charge is -2.32. The number of nitrogens with one attached hydrogen (secondary N) is 1. The summed E-state index contributed by atoms with van der Waals surface area (Å²) in [6.45, 7) is 8.36. The number of nitrogens with zero attached hydrogens (tertiary/aromatic N) is 2. The SMILES string of the molecule is CCCNC(C)(CN(C)CC1CCN(C)C1)C(=O)O. The van der Waals surface area contributed by atoms with E-state index in [1.165, 1.54) is 6.42 Å². The maximum atomic E-state index is 11.5. The van der Waals surface area contributed by atoms with Crippen LogP contribution in [0.2, 0.25) is 0 Å². The summed E-state index contributed by atoms with van der Waals surface area (Å²) < 4.78 is 0. The Kier molecular flexibility index (Phi) is 6.23. The van der Waals surface area contributed by atoms with Gasteiger partial charge < -0.3 is 20.2 Å². The van der Waals surface area contributed by atoms with Crippen LogP contribution in [0, 0.1) is 5.92 Å². The van der Waals surface area contributed by atoms with Gasteiger partial charge >= 0.3 is 5.97 Å². The van der Waals surface area contributed by atoms with E-state index in [1.807, 2.05) is 14.0 Å². The third kappa shape index (κ3) is 5.09. The summed E-state index contributed by atoms with van der Waals surface area (Å²) in [5.74, 6) is -0.101. The molecule has 0 amide bonds. The number of carboxylic acid groups (broad SMARTS) is 1. The van der Waals surface area contributed by atoms with Crippen molar-refractivity contribution >= 4 is 5.97 Å². The van der Waals surface area contributed by atoms with Gasteiger partial charge in [-0.25, -0.2) is 0 Å². The first kappa shape index (κ1) is 16.4. The fourth-order valence-electron chi connectivity index (χ4n) is 2.82. The van der Waals surface area contributed by atoms with E-state index in [0.717, 1.165) is 32.6 Å². The van der Waals surface area contributed by atoms with Gasteiger partial charge in [0.15, 0.2) is 0 Å². The topological polar surface area (TPSA) is 55.8 Å². The Morgan fingerprint density at radius 2 is 2.26 bits per heavy atom. The lowest BCUT2D eigenvalue weighted by atomic mass is 10.0. The van der Waals surface area contributed by atoms with E-state index in [4.69, 9.17) is 0 Å². The molecule has 0 aliphatic carbocycles. The minimum absolute atomic E-state index is 0.544. The normalized spacial score (nSPS) is 23.7. The van der Waals surface area contributed by atoms with Crippen LogP contribution in [0.5, 0.6) is 0 Å². The highest BCUT2D eigenvalue weighted by molar-refractivity contribution is 5.78. The van der Waals surface area contributed by atoms with Crippen molar-refractivity contribution in [1.29, 1.82) is 0 Å². The molecule has 1 fully saturated rings. The smallest absolute Gasteiger partial charge is 0.324 e. The van der Waals surface area contributed by atoms with Crippen molar-refractivity contribution in [3.05, 3.63) is 0 Å². The molecule has 2 atom stereocenters. The van der Waals surface area contributed by atoms with E-state index in [-0.39, 0.29) is 0 Å². The van der Waals surface area contributed by atoms with E-state index < -0.39 is 11.5 Å². The molecule has 1 rings (SSSR count). The molecule has 0 radical (unpaired) electrons. The molecule has 2 unspecified atom stereocenters. The van der Waals surface area contributed by atoms with Gasteiger partial charge in [-0.15, -0.1) is 0 Å². The van der Waals surface area contributed by atoms with E-state index in [0.29, 0.717) is 12.5 Å². The average molecular weight is 271 g/mol. The van der Waals surface area contributed by atoms with E-state index in [2.05, 4.69) is 22.2 Å². The van der Waals surface area contributed by atoms with E-state index >= 15 is 0 Å². The summed E-state index contributed by atoms with van der Waals surface area (Å²) >= 11 is 0. The number of carbonyl (C=O) groups is 1. The molecule has 1 aliphatic rings. The standard InChI is InChI=1S/C14H29N3O2/c1-5-7-15-14(2,13(18)19)11-17(4)10-12-6-8-16(3)9-12/h12,15H,5-11H2,1-4H3,(H,18,19). The third-order valence-corrected chi connectivity index (χ3v) is 3.88. The van der Waals surface area contributed by atoms with Crippen molar-refractivity contribution in [3.8, 4) is 0 Å². The van der Waals surface area contributed by atoms with Crippen LogP contribution in [0.15, 0.2) is 0 Å². The number of hydrogen-bond acceptors (Lipinski definition) is 4. The highest BCUT2D eigenvalue weighted by Crippen LogP contribution is 2.16. The third-order valence-electron chi connectivity index (χ3n) is 3.88. The highest BCUT2D eigenvalue weighted by Gasteiger charge is 2.34. The molecule has 1 saturated heterocycles. The summed E-state index contributed by atoms with van der Waals surface area (Å²) in [5, 5.41) is 12.6. The molecule has 19 heavy (non-hydrogen) atoms. The van der Waals surface area contributed by atoms with Gasteiger partial charge in [-0.3, -0.25) is 4.79 Å². The van der Waals surface area contributed by atoms with Crippen molar-refractivity contribution in [1.82, 2.24) is 15.1 Å². The molecule has 0 bridgehead atoms. The van der Waals surface area contributed by atoms with Crippen LogP contribution in [0.3, 0.4) is 0 Å². The van der Waals surface area contributed by atoms with Gasteiger partial charge in [0.05, 0.1) is 0 Å². The predicted molar refractivity (Wildman–Crippen MR) is 77.4 cm³/mol. The van der Waals surface area contributed by atoms with Crippen LogP contribution in [-0.2, 0) is 4.79 Å². The molecule has 1 heterocycles. The maximum Gasteiger partial charge on any atom is 0.324 e. The minimum Gasteiger partial charge on any atom is -0.480 e. The Morgan fingerprint density at radius 3 is 2.74 bits per heavy atom. The number of likely N-dealkylation sites (N-methyl/N-ethyl adjacent to an activating group) is 1. The lowest BCUT2D eigenvalue weighted by Crippen LogP contribution is -2.57. The van der Waals surface area contributed by atoms with Crippen LogP contribution < -0.4 is 5.32 Å². The fourth-order valence-corrected chi connectivity index (χ4v) is 2.82. The number of likely N-dealkylation sites (tertiary alicyclic amines) is 1. The summed E-state index contributed by atoms with van der Waals surface area (Å²) in [5.41, 5.74) is -0.852. The molecule has 0 aromatic heterocycles. The molecule has 0 saturated carbocycles. The molecule has 1 aliphatic heterocycles.